The first-order valence-electron chi connectivity index (χ1n) is 6.47. The minimum absolute atomic E-state index is 0.149. The highest BCUT2D eigenvalue weighted by Crippen LogP contribution is 2.24. The molecule has 0 aliphatic rings. The molecule has 1 N–H and O–H groups in total. The van der Waals surface area contributed by atoms with E-state index in [1.807, 2.05) is 37.3 Å². The fourth-order valence-corrected chi connectivity index (χ4v) is 1.96. The van der Waals surface area contributed by atoms with Crippen molar-refractivity contribution < 1.29 is 4.42 Å². The van der Waals surface area contributed by atoms with Crippen LogP contribution in [0.5, 0.6) is 0 Å². The summed E-state index contributed by atoms with van der Waals surface area (Å²) in [6, 6.07) is 9.68. The molecular weight excluding hydrogens is 288 g/mol. The minimum Gasteiger partial charge on any atom is -0.438 e. The predicted molar refractivity (Wildman–Crippen MR) is 81.0 cm³/mol. The van der Waals surface area contributed by atoms with E-state index in [0.29, 0.717) is 16.9 Å². The third-order valence-corrected chi connectivity index (χ3v) is 3.11. The van der Waals surface area contributed by atoms with E-state index in [1.54, 1.807) is 6.20 Å². The number of hydrogen-bond acceptors (Lipinski definition) is 5. The molecule has 2 heterocycles. The average Bonchev–Trinajstić information content (AvgIpc) is 3.00. The monoisotopic (exact) mass is 300 g/mol. The first-order valence-corrected chi connectivity index (χ1v) is 6.85. The Morgan fingerprint density at radius 2 is 1.76 bits per heavy atom. The second-order valence-corrected chi connectivity index (χ2v) is 4.96. The quantitative estimate of drug-likeness (QED) is 0.790. The van der Waals surface area contributed by atoms with Crippen LogP contribution < -0.4 is 5.32 Å². The van der Waals surface area contributed by atoms with E-state index >= 15 is 0 Å². The Kier molecular flexibility index (Phi) is 3.83. The van der Waals surface area contributed by atoms with Gasteiger partial charge in [0.1, 0.15) is 6.04 Å². The van der Waals surface area contributed by atoms with Crippen LogP contribution in [0, 0.1) is 0 Å². The van der Waals surface area contributed by atoms with Crippen molar-refractivity contribution in [2.45, 2.75) is 13.0 Å². The molecule has 0 saturated heterocycles. The summed E-state index contributed by atoms with van der Waals surface area (Å²) in [5.41, 5.74) is 0.992. The van der Waals surface area contributed by atoms with Crippen LogP contribution in [-0.2, 0) is 0 Å². The van der Waals surface area contributed by atoms with Crippen LogP contribution in [0.3, 0.4) is 0 Å². The molecule has 1 aromatic carbocycles. The lowest BCUT2D eigenvalue weighted by atomic mass is 10.2. The molecule has 21 heavy (non-hydrogen) atoms. The Labute approximate surface area is 127 Å². The number of nitrogens with one attached hydrogen (secondary N) is 1. The molecule has 0 saturated carbocycles. The molecule has 2 aromatic heterocycles. The molecule has 0 aliphatic carbocycles. The molecule has 106 valence electrons. The zero-order valence-electron chi connectivity index (χ0n) is 11.3. The number of anilines is 1. The number of oxazole rings is 1. The second-order valence-electron chi connectivity index (χ2n) is 4.52. The first-order chi connectivity index (χ1) is 10.2. The van der Waals surface area contributed by atoms with E-state index in [0.717, 1.165) is 11.3 Å². The lowest BCUT2D eigenvalue weighted by molar-refractivity contribution is 0.484. The van der Waals surface area contributed by atoms with Gasteiger partial charge in [-0.05, 0) is 6.92 Å². The Balaban J connectivity index is 1.75. The van der Waals surface area contributed by atoms with Crippen LogP contribution in [0.4, 0.5) is 5.95 Å². The average molecular weight is 301 g/mol. The Morgan fingerprint density at radius 1 is 1.05 bits per heavy atom. The van der Waals surface area contributed by atoms with Crippen LogP contribution >= 0.6 is 11.6 Å². The second kappa shape index (κ2) is 5.93. The molecule has 6 heteroatoms. The molecule has 3 aromatic rings. The third-order valence-electron chi connectivity index (χ3n) is 2.92. The van der Waals surface area contributed by atoms with Crippen molar-refractivity contribution in [3.63, 3.8) is 0 Å². The zero-order valence-corrected chi connectivity index (χ0v) is 12.1. The van der Waals surface area contributed by atoms with Gasteiger partial charge in [0.05, 0.1) is 23.6 Å². The van der Waals surface area contributed by atoms with Crippen LogP contribution in [0.15, 0.2) is 53.3 Å². The van der Waals surface area contributed by atoms with Crippen molar-refractivity contribution in [2.24, 2.45) is 0 Å². The molecule has 0 fully saturated rings. The van der Waals surface area contributed by atoms with Crippen molar-refractivity contribution in [1.82, 2.24) is 15.0 Å². The fraction of sp³-hybridized carbons (Fsp3) is 0.133. The van der Waals surface area contributed by atoms with Gasteiger partial charge < -0.3 is 9.73 Å². The fourth-order valence-electron chi connectivity index (χ4n) is 1.87. The van der Waals surface area contributed by atoms with Crippen LogP contribution in [0.1, 0.15) is 18.9 Å². The molecule has 5 nitrogen and oxygen atoms in total. The minimum atomic E-state index is -0.149. The summed E-state index contributed by atoms with van der Waals surface area (Å²) in [4.78, 5) is 12.5. The molecule has 1 atom stereocenters. The van der Waals surface area contributed by atoms with Crippen LogP contribution in [-0.4, -0.2) is 15.0 Å². The van der Waals surface area contributed by atoms with E-state index in [-0.39, 0.29) is 6.04 Å². The summed E-state index contributed by atoms with van der Waals surface area (Å²) in [5, 5.41) is 3.61. The van der Waals surface area contributed by atoms with Crippen molar-refractivity contribution in [3.8, 4) is 11.3 Å². The van der Waals surface area contributed by atoms with Gasteiger partial charge in [-0.1, -0.05) is 41.9 Å². The SMILES string of the molecule is C[C@H](Nc1ncc(Cl)cn1)c1ncc(-c2ccccc2)o1. The summed E-state index contributed by atoms with van der Waals surface area (Å²) in [5.74, 6) is 1.79. The molecule has 0 spiro atoms. The van der Waals surface area contributed by atoms with Gasteiger partial charge in [0.25, 0.3) is 0 Å². The maximum atomic E-state index is 5.77. The molecule has 0 aliphatic heterocycles. The van der Waals surface area contributed by atoms with Gasteiger partial charge in [-0.3, -0.25) is 0 Å². The highest BCUT2D eigenvalue weighted by molar-refractivity contribution is 6.30. The normalized spacial score (nSPS) is 12.1. The van der Waals surface area contributed by atoms with E-state index in [1.165, 1.54) is 12.4 Å². The van der Waals surface area contributed by atoms with Crippen molar-refractivity contribution in [2.75, 3.05) is 5.32 Å². The smallest absolute Gasteiger partial charge is 0.223 e. The van der Waals surface area contributed by atoms with E-state index in [9.17, 15) is 0 Å². The first kappa shape index (κ1) is 13.6. The van der Waals surface area contributed by atoms with Crippen LogP contribution in [0.2, 0.25) is 5.02 Å². The lowest BCUT2D eigenvalue weighted by Gasteiger charge is -2.09. The molecule has 0 radical (unpaired) electrons. The third kappa shape index (κ3) is 3.20. The highest BCUT2D eigenvalue weighted by atomic mass is 35.5. The van der Waals surface area contributed by atoms with Gasteiger partial charge in [-0.2, -0.15) is 0 Å². The topological polar surface area (TPSA) is 63.8 Å². The molecule has 0 bridgehead atoms. The predicted octanol–water partition coefficient (Wildman–Crippen LogP) is 3.96. The van der Waals surface area contributed by atoms with Gasteiger partial charge >= 0.3 is 0 Å². The van der Waals surface area contributed by atoms with Crippen molar-refractivity contribution in [1.29, 1.82) is 0 Å². The number of nitrogens with zero attached hydrogens (tertiary/aromatic N) is 3. The number of aromatic nitrogens is 3. The number of halogens is 1. The van der Waals surface area contributed by atoms with E-state index < -0.39 is 0 Å². The van der Waals surface area contributed by atoms with Gasteiger partial charge in [-0.25, -0.2) is 15.0 Å². The lowest BCUT2D eigenvalue weighted by Crippen LogP contribution is -2.09. The van der Waals surface area contributed by atoms with E-state index in [2.05, 4.69) is 20.3 Å². The molecule has 3 rings (SSSR count). The number of hydrogen-bond donors (Lipinski definition) is 1. The van der Waals surface area contributed by atoms with E-state index in [4.69, 9.17) is 16.0 Å². The summed E-state index contributed by atoms with van der Waals surface area (Å²) in [7, 11) is 0. The van der Waals surface area contributed by atoms with Gasteiger partial charge in [0, 0.05) is 5.56 Å². The molecular formula is C15H13ClN4O. The maximum absolute atomic E-state index is 5.77. The maximum Gasteiger partial charge on any atom is 0.223 e. The number of rotatable bonds is 4. The largest absolute Gasteiger partial charge is 0.438 e. The van der Waals surface area contributed by atoms with Gasteiger partial charge in [-0.15, -0.1) is 0 Å². The molecule has 0 amide bonds. The van der Waals surface area contributed by atoms with Crippen molar-refractivity contribution in [3.05, 3.63) is 59.8 Å². The Hall–Kier alpha value is -2.40. The Morgan fingerprint density at radius 3 is 2.48 bits per heavy atom. The summed E-state index contributed by atoms with van der Waals surface area (Å²) >= 11 is 5.75. The summed E-state index contributed by atoms with van der Waals surface area (Å²) in [6.45, 7) is 1.93. The molecule has 0 unspecified atom stereocenters. The number of benzene rings is 1. The van der Waals surface area contributed by atoms with Crippen LogP contribution in [0.25, 0.3) is 11.3 Å². The van der Waals surface area contributed by atoms with Gasteiger partial charge in [0.15, 0.2) is 5.76 Å². The summed E-state index contributed by atoms with van der Waals surface area (Å²) < 4.78 is 5.77. The standard InChI is InChI=1S/C15H13ClN4O/c1-10(20-15-18-7-12(16)8-19-15)14-17-9-13(21-14)11-5-3-2-4-6-11/h2-10H,1H3,(H,18,19,20)/t10-/m0/s1. The summed E-state index contributed by atoms with van der Waals surface area (Å²) in [6.07, 6.45) is 4.79. The zero-order chi connectivity index (χ0) is 14.7. The Bertz CT molecular complexity index is 712. The van der Waals surface area contributed by atoms with Crippen molar-refractivity contribution >= 4 is 17.5 Å². The van der Waals surface area contributed by atoms with Gasteiger partial charge in [0.2, 0.25) is 11.8 Å². The highest BCUT2D eigenvalue weighted by Gasteiger charge is 2.14.